The molecular weight excluding hydrogens is 376 g/mol. The maximum Gasteiger partial charge on any atom is 0.224 e. The molecule has 3 heterocycles. The number of aromatic nitrogens is 1. The number of hydrogen-bond acceptors (Lipinski definition) is 5. The summed E-state index contributed by atoms with van der Waals surface area (Å²) in [5.74, 6) is 1.46. The minimum atomic E-state index is 0.0193. The molecule has 2 aliphatic heterocycles. The van der Waals surface area contributed by atoms with Crippen LogP contribution in [0.5, 0.6) is 0 Å². The van der Waals surface area contributed by atoms with Crippen LogP contribution in [0.3, 0.4) is 0 Å². The van der Waals surface area contributed by atoms with Gasteiger partial charge in [0.15, 0.2) is 0 Å². The van der Waals surface area contributed by atoms with Crippen LogP contribution in [-0.4, -0.2) is 30.1 Å². The van der Waals surface area contributed by atoms with Crippen molar-refractivity contribution in [2.75, 3.05) is 23.4 Å². The molecule has 0 bridgehead atoms. The van der Waals surface area contributed by atoms with Crippen LogP contribution in [-0.2, 0) is 9.53 Å². The van der Waals surface area contributed by atoms with E-state index >= 15 is 0 Å². The molecule has 3 atom stereocenters. The summed E-state index contributed by atoms with van der Waals surface area (Å²) in [4.78, 5) is 18.8. The Hall–Kier alpha value is -2.91. The van der Waals surface area contributed by atoms with Gasteiger partial charge in [-0.15, -0.1) is 0 Å². The van der Waals surface area contributed by atoms with E-state index in [2.05, 4.69) is 48.4 Å². The van der Waals surface area contributed by atoms with Crippen molar-refractivity contribution in [1.82, 2.24) is 4.98 Å². The molecule has 1 fully saturated rings. The Kier molecular flexibility index (Phi) is 5.74. The molecule has 1 aromatic heterocycles. The molecule has 0 radical (unpaired) electrons. The summed E-state index contributed by atoms with van der Waals surface area (Å²) in [5, 5.41) is 12.6. The van der Waals surface area contributed by atoms with Crippen LogP contribution in [0.4, 0.5) is 11.5 Å². The number of pyridine rings is 1. The molecule has 1 aromatic carbocycles. The number of carbonyl (C=O) groups is 1. The van der Waals surface area contributed by atoms with E-state index < -0.39 is 0 Å². The Morgan fingerprint density at radius 3 is 2.63 bits per heavy atom. The van der Waals surface area contributed by atoms with E-state index in [0.717, 1.165) is 43.1 Å². The van der Waals surface area contributed by atoms with E-state index in [-0.39, 0.29) is 23.9 Å². The lowest BCUT2D eigenvalue weighted by atomic mass is 9.80. The van der Waals surface area contributed by atoms with Gasteiger partial charge in [-0.1, -0.05) is 19.1 Å². The van der Waals surface area contributed by atoms with Crippen LogP contribution in [0.25, 0.3) is 0 Å². The lowest BCUT2D eigenvalue weighted by Crippen LogP contribution is -2.48. The van der Waals surface area contributed by atoms with Gasteiger partial charge in [0, 0.05) is 44.0 Å². The highest BCUT2D eigenvalue weighted by atomic mass is 16.5. The molecule has 0 aliphatic carbocycles. The fourth-order valence-electron chi connectivity index (χ4n) is 4.71. The number of rotatable bonds is 3. The highest BCUT2D eigenvalue weighted by Gasteiger charge is 2.38. The van der Waals surface area contributed by atoms with Gasteiger partial charge in [-0.3, -0.25) is 4.79 Å². The van der Waals surface area contributed by atoms with Crippen molar-refractivity contribution in [3.8, 4) is 6.07 Å². The van der Waals surface area contributed by atoms with Crippen molar-refractivity contribution in [3.05, 3.63) is 53.2 Å². The number of ether oxygens (including phenoxy) is 1. The predicted molar refractivity (Wildman–Crippen MR) is 116 cm³/mol. The Morgan fingerprint density at radius 2 is 2.00 bits per heavy atom. The topological polar surface area (TPSA) is 78.2 Å². The second-order valence-electron chi connectivity index (χ2n) is 8.36. The number of nitrogens with zero attached hydrogens (tertiary/aromatic N) is 3. The molecule has 1 N–H and O–H groups in total. The van der Waals surface area contributed by atoms with E-state index in [0.29, 0.717) is 11.5 Å². The summed E-state index contributed by atoms with van der Waals surface area (Å²) >= 11 is 0. The second-order valence-corrected chi connectivity index (χ2v) is 8.36. The third kappa shape index (κ3) is 3.78. The number of nitriles is 1. The molecule has 30 heavy (non-hydrogen) atoms. The third-order valence-corrected chi connectivity index (χ3v) is 6.57. The van der Waals surface area contributed by atoms with Gasteiger partial charge in [0.1, 0.15) is 11.9 Å². The van der Waals surface area contributed by atoms with Crippen molar-refractivity contribution in [2.45, 2.75) is 51.6 Å². The molecule has 6 heteroatoms. The fourth-order valence-corrected chi connectivity index (χ4v) is 4.71. The van der Waals surface area contributed by atoms with Gasteiger partial charge in [0.2, 0.25) is 5.91 Å². The van der Waals surface area contributed by atoms with Crippen molar-refractivity contribution < 1.29 is 9.53 Å². The molecule has 2 aromatic rings. The molecule has 0 saturated carbocycles. The molecule has 6 nitrogen and oxygen atoms in total. The zero-order valence-electron chi connectivity index (χ0n) is 17.8. The predicted octanol–water partition coefficient (Wildman–Crippen LogP) is 4.39. The molecule has 4 rings (SSSR count). The number of nitrogens with one attached hydrogen (secondary N) is 1. The number of hydrogen-bond donors (Lipinski definition) is 1. The van der Waals surface area contributed by atoms with E-state index in [4.69, 9.17) is 10.00 Å². The number of amides is 1. The highest BCUT2D eigenvalue weighted by molar-refractivity contribution is 5.94. The van der Waals surface area contributed by atoms with Crippen molar-refractivity contribution in [3.63, 3.8) is 0 Å². The second kappa shape index (κ2) is 8.45. The standard InChI is InChI=1S/C24H28N4O2/c1-15-16(2)28(17(3)29)22-6-5-20(19-8-10-30-11-9-19)12-21(22)24(15)27-23-7-4-18(13-25)14-26-23/h4-7,12,14-16,19,24H,8-11H2,1-3H3,(H,26,27)/t15?,16-,24?/m0/s1. The van der Waals surface area contributed by atoms with Crippen LogP contribution in [0, 0.1) is 17.2 Å². The normalized spacial score (nSPS) is 24.1. The molecule has 0 spiro atoms. The summed E-state index contributed by atoms with van der Waals surface area (Å²) in [6.45, 7) is 7.50. The fraction of sp³-hybridized carbons (Fsp3) is 0.458. The summed E-state index contributed by atoms with van der Waals surface area (Å²) in [6.07, 6.45) is 3.63. The Balaban J connectivity index is 1.74. The Labute approximate surface area is 177 Å². The van der Waals surface area contributed by atoms with Gasteiger partial charge >= 0.3 is 0 Å². The minimum Gasteiger partial charge on any atom is -0.381 e. The Morgan fingerprint density at radius 1 is 1.23 bits per heavy atom. The maximum absolute atomic E-state index is 12.5. The first-order valence-electron chi connectivity index (χ1n) is 10.6. The van der Waals surface area contributed by atoms with Gasteiger partial charge in [0.25, 0.3) is 0 Å². The number of benzene rings is 1. The van der Waals surface area contributed by atoms with Crippen LogP contribution in [0.1, 0.15) is 62.3 Å². The summed E-state index contributed by atoms with van der Waals surface area (Å²) in [7, 11) is 0. The molecule has 2 unspecified atom stereocenters. The summed E-state index contributed by atoms with van der Waals surface area (Å²) in [5.41, 5.74) is 3.94. The van der Waals surface area contributed by atoms with Gasteiger partial charge < -0.3 is 15.0 Å². The monoisotopic (exact) mass is 404 g/mol. The molecular formula is C24H28N4O2. The Bertz CT molecular complexity index is 960. The molecule has 2 aliphatic rings. The van der Waals surface area contributed by atoms with E-state index in [1.807, 2.05) is 11.0 Å². The average molecular weight is 405 g/mol. The largest absolute Gasteiger partial charge is 0.381 e. The first-order valence-corrected chi connectivity index (χ1v) is 10.6. The van der Waals surface area contributed by atoms with Gasteiger partial charge in [-0.2, -0.15) is 5.26 Å². The lowest BCUT2D eigenvalue weighted by Gasteiger charge is -2.44. The van der Waals surface area contributed by atoms with Crippen LogP contribution < -0.4 is 10.2 Å². The van der Waals surface area contributed by atoms with Crippen molar-refractivity contribution in [2.24, 2.45) is 5.92 Å². The van der Waals surface area contributed by atoms with E-state index in [1.54, 1.807) is 19.2 Å². The van der Waals surface area contributed by atoms with E-state index in [9.17, 15) is 4.79 Å². The number of anilines is 2. The van der Waals surface area contributed by atoms with Gasteiger partial charge in [0.05, 0.1) is 11.6 Å². The first kappa shape index (κ1) is 20.4. The van der Waals surface area contributed by atoms with Crippen LogP contribution in [0.15, 0.2) is 36.5 Å². The third-order valence-electron chi connectivity index (χ3n) is 6.57. The number of fused-ring (bicyclic) bond motifs is 1. The number of carbonyl (C=O) groups excluding carboxylic acids is 1. The van der Waals surface area contributed by atoms with Crippen molar-refractivity contribution in [1.29, 1.82) is 5.26 Å². The minimum absolute atomic E-state index is 0.0193. The van der Waals surface area contributed by atoms with Crippen LogP contribution >= 0.6 is 0 Å². The molecule has 1 amide bonds. The average Bonchev–Trinajstić information content (AvgIpc) is 2.77. The summed E-state index contributed by atoms with van der Waals surface area (Å²) < 4.78 is 5.54. The van der Waals surface area contributed by atoms with E-state index in [1.165, 1.54) is 5.56 Å². The van der Waals surface area contributed by atoms with Gasteiger partial charge in [-0.05, 0) is 55.0 Å². The molecule has 1 saturated heterocycles. The quantitative estimate of drug-likeness (QED) is 0.821. The smallest absolute Gasteiger partial charge is 0.224 e. The first-order chi connectivity index (χ1) is 14.5. The molecule has 156 valence electrons. The summed E-state index contributed by atoms with van der Waals surface area (Å²) in [6, 6.07) is 12.3. The highest BCUT2D eigenvalue weighted by Crippen LogP contribution is 2.44. The van der Waals surface area contributed by atoms with Gasteiger partial charge in [-0.25, -0.2) is 4.98 Å². The zero-order valence-corrected chi connectivity index (χ0v) is 17.8. The van der Waals surface area contributed by atoms with Crippen molar-refractivity contribution >= 4 is 17.4 Å². The maximum atomic E-state index is 12.5. The lowest BCUT2D eigenvalue weighted by molar-refractivity contribution is -0.117. The zero-order chi connectivity index (χ0) is 21.3. The SMILES string of the molecule is CC(=O)N1c2ccc(C3CCOCC3)cc2C(Nc2ccc(C#N)cn2)C(C)[C@@H]1C. The van der Waals surface area contributed by atoms with Crippen LogP contribution in [0.2, 0.25) is 0 Å².